The number of aromatic nitrogens is 1. The van der Waals surface area contributed by atoms with Crippen LogP contribution in [-0.4, -0.2) is 36.8 Å². The van der Waals surface area contributed by atoms with Gasteiger partial charge >= 0.3 is 10.1 Å². The highest BCUT2D eigenvalue weighted by atomic mass is 32.2. The van der Waals surface area contributed by atoms with Gasteiger partial charge in [0.2, 0.25) is 5.78 Å². The van der Waals surface area contributed by atoms with Crippen LogP contribution in [0.4, 0.5) is 0 Å². The van der Waals surface area contributed by atoms with Crippen molar-refractivity contribution in [2.45, 2.75) is 37.8 Å². The van der Waals surface area contributed by atoms with Crippen molar-refractivity contribution in [3.63, 3.8) is 0 Å². The first-order valence-corrected chi connectivity index (χ1v) is 14.4. The van der Waals surface area contributed by atoms with Gasteiger partial charge in [0.1, 0.15) is 10.6 Å². The van der Waals surface area contributed by atoms with Gasteiger partial charge in [0, 0.05) is 23.0 Å². The van der Waals surface area contributed by atoms with Gasteiger partial charge in [0.15, 0.2) is 0 Å². The Labute approximate surface area is 223 Å². The fraction of sp³-hybridized carbons (Fsp3) is 0.258. The largest absolute Gasteiger partial charge is 0.379 e. The Balaban J connectivity index is 1.13. The van der Waals surface area contributed by atoms with Crippen molar-refractivity contribution in [2.24, 2.45) is 5.92 Å². The van der Waals surface area contributed by atoms with E-state index in [1.807, 2.05) is 29.7 Å². The van der Waals surface area contributed by atoms with Crippen LogP contribution in [0.15, 0.2) is 95.4 Å². The molecular formula is C31H30N2O4S. The molecule has 0 unspecified atom stereocenters. The molecule has 2 aliphatic heterocycles. The molecule has 0 radical (unpaired) electrons. The summed E-state index contributed by atoms with van der Waals surface area (Å²) in [5, 5.41) is 0.790. The summed E-state index contributed by atoms with van der Waals surface area (Å²) in [4.78, 5) is 15.8. The first kappa shape index (κ1) is 24.6. The molecule has 0 saturated carbocycles. The van der Waals surface area contributed by atoms with Crippen LogP contribution in [0.2, 0.25) is 0 Å². The van der Waals surface area contributed by atoms with Crippen LogP contribution in [-0.2, 0) is 23.2 Å². The van der Waals surface area contributed by atoms with Gasteiger partial charge in [-0.25, -0.2) is 0 Å². The summed E-state index contributed by atoms with van der Waals surface area (Å²) in [6.07, 6.45) is 4.29. The molecule has 38 heavy (non-hydrogen) atoms. The van der Waals surface area contributed by atoms with Gasteiger partial charge in [-0.1, -0.05) is 54.1 Å². The number of hydrogen-bond acceptors (Lipinski definition) is 5. The summed E-state index contributed by atoms with van der Waals surface area (Å²) in [5.41, 5.74) is 4.70. The molecule has 0 bridgehead atoms. The number of fused-ring (bicyclic) bond motifs is 3. The fourth-order valence-corrected chi connectivity index (χ4v) is 6.40. The highest BCUT2D eigenvalue weighted by molar-refractivity contribution is 7.87. The second-order valence-electron chi connectivity index (χ2n) is 10.3. The molecule has 1 aromatic heterocycles. The van der Waals surface area contributed by atoms with Crippen LogP contribution in [0.1, 0.15) is 34.5 Å². The number of Topliss-reactive ketones (excluding diaryl/α,β-unsaturated/α-hetero) is 1. The van der Waals surface area contributed by atoms with Gasteiger partial charge in [0.25, 0.3) is 0 Å². The quantitative estimate of drug-likeness (QED) is 0.236. The Hall–Kier alpha value is -3.68. The summed E-state index contributed by atoms with van der Waals surface area (Å²) in [6, 6.07) is 24.1. The lowest BCUT2D eigenvalue weighted by molar-refractivity contribution is 0.103. The molecule has 6 rings (SSSR count). The van der Waals surface area contributed by atoms with Crippen LogP contribution in [0.5, 0.6) is 5.75 Å². The van der Waals surface area contributed by atoms with Crippen molar-refractivity contribution >= 4 is 26.8 Å². The number of carbonyl (C=O) groups excluding carboxylic acids is 1. The Morgan fingerprint density at radius 1 is 0.947 bits per heavy atom. The number of aryl methyl sites for hydroxylation is 1. The van der Waals surface area contributed by atoms with Crippen LogP contribution in [0, 0.1) is 12.8 Å². The average molecular weight is 527 g/mol. The molecule has 1 fully saturated rings. The SMILES string of the molecule is Cc1ccc(S(=O)(=O)Oc2ccc3c(c2)cc2n3CC(=CC3CCN(Cc4ccccc4)CC3)C2=O)cc1. The van der Waals surface area contributed by atoms with E-state index in [-0.39, 0.29) is 16.4 Å². The maximum atomic E-state index is 13.2. The Morgan fingerprint density at radius 2 is 1.68 bits per heavy atom. The van der Waals surface area contributed by atoms with E-state index in [1.165, 1.54) is 17.7 Å². The average Bonchev–Trinajstić information content (AvgIpc) is 3.41. The van der Waals surface area contributed by atoms with Crippen molar-refractivity contribution in [3.8, 4) is 5.75 Å². The van der Waals surface area contributed by atoms with Crippen LogP contribution >= 0.6 is 0 Å². The molecule has 0 atom stereocenters. The van der Waals surface area contributed by atoms with Crippen molar-refractivity contribution in [1.29, 1.82) is 0 Å². The molecule has 3 heterocycles. The topological polar surface area (TPSA) is 68.6 Å². The molecule has 2 aliphatic rings. The molecule has 194 valence electrons. The third-order valence-electron chi connectivity index (χ3n) is 7.56. The third kappa shape index (κ3) is 4.91. The first-order valence-electron chi connectivity index (χ1n) is 13.0. The maximum absolute atomic E-state index is 13.2. The number of rotatable bonds is 6. The van der Waals surface area contributed by atoms with Crippen LogP contribution < -0.4 is 4.18 Å². The zero-order valence-electron chi connectivity index (χ0n) is 21.3. The van der Waals surface area contributed by atoms with Crippen LogP contribution in [0.25, 0.3) is 10.9 Å². The minimum absolute atomic E-state index is 0.0580. The number of hydrogen-bond donors (Lipinski definition) is 0. The zero-order chi connectivity index (χ0) is 26.3. The highest BCUT2D eigenvalue weighted by Gasteiger charge is 2.29. The standard InChI is InChI=1S/C31H30N2O4S/c1-22-7-10-28(11-8-22)38(35,36)37-27-9-12-29-25(18-27)19-30-31(34)26(21-33(29)30)17-23-13-15-32(16-14-23)20-24-5-3-2-4-6-24/h2-12,17-19,23H,13-16,20-21H2,1H3. The molecule has 3 aromatic carbocycles. The van der Waals surface area contributed by atoms with Gasteiger partial charge in [-0.05, 0) is 80.7 Å². The predicted octanol–water partition coefficient (Wildman–Crippen LogP) is 5.75. The van der Waals surface area contributed by atoms with E-state index < -0.39 is 10.1 Å². The number of allylic oxidation sites excluding steroid dienone is 2. The Bertz CT molecular complexity index is 1630. The van der Waals surface area contributed by atoms with Crippen molar-refractivity contribution in [3.05, 3.63) is 107 Å². The number of likely N-dealkylation sites (tertiary alicyclic amines) is 1. The minimum Gasteiger partial charge on any atom is -0.379 e. The summed E-state index contributed by atoms with van der Waals surface area (Å²) in [5.74, 6) is 0.694. The third-order valence-corrected chi connectivity index (χ3v) is 8.82. The van der Waals surface area contributed by atoms with E-state index >= 15 is 0 Å². The smallest absolute Gasteiger partial charge is 0.339 e. The monoisotopic (exact) mass is 526 g/mol. The van der Waals surface area contributed by atoms with Gasteiger partial charge < -0.3 is 8.75 Å². The maximum Gasteiger partial charge on any atom is 0.339 e. The number of ketones is 1. The van der Waals surface area contributed by atoms with E-state index in [4.69, 9.17) is 4.18 Å². The summed E-state index contributed by atoms with van der Waals surface area (Å²) >= 11 is 0. The lowest BCUT2D eigenvalue weighted by atomic mass is 9.93. The molecule has 7 heteroatoms. The van der Waals surface area contributed by atoms with Gasteiger partial charge in [-0.3, -0.25) is 9.69 Å². The second kappa shape index (κ2) is 9.89. The number of piperidine rings is 1. The molecule has 0 spiro atoms. The minimum atomic E-state index is -3.94. The van der Waals surface area contributed by atoms with E-state index in [9.17, 15) is 13.2 Å². The summed E-state index contributed by atoms with van der Waals surface area (Å²) in [6.45, 7) is 5.47. The van der Waals surface area contributed by atoms with Gasteiger partial charge in [-0.15, -0.1) is 0 Å². The lowest BCUT2D eigenvalue weighted by Crippen LogP contribution is -2.32. The van der Waals surface area contributed by atoms with Gasteiger partial charge in [-0.2, -0.15) is 8.42 Å². The highest BCUT2D eigenvalue weighted by Crippen LogP contribution is 2.33. The second-order valence-corrected chi connectivity index (χ2v) is 11.9. The molecule has 1 saturated heterocycles. The lowest BCUT2D eigenvalue weighted by Gasteiger charge is -2.30. The van der Waals surface area contributed by atoms with Gasteiger partial charge in [0.05, 0.1) is 12.2 Å². The molecule has 0 amide bonds. The number of benzene rings is 3. The molecule has 4 aromatic rings. The van der Waals surface area contributed by atoms with Crippen molar-refractivity contribution in [1.82, 2.24) is 9.47 Å². The predicted molar refractivity (Wildman–Crippen MR) is 148 cm³/mol. The Morgan fingerprint density at radius 3 is 2.42 bits per heavy atom. The molecule has 0 N–H and O–H groups in total. The van der Waals surface area contributed by atoms with Crippen LogP contribution in [0.3, 0.4) is 0 Å². The molecule has 6 nitrogen and oxygen atoms in total. The van der Waals surface area contributed by atoms with Crippen molar-refractivity contribution < 1.29 is 17.4 Å². The summed E-state index contributed by atoms with van der Waals surface area (Å²) in [7, 11) is -3.94. The van der Waals surface area contributed by atoms with E-state index in [0.29, 0.717) is 18.2 Å². The zero-order valence-corrected chi connectivity index (χ0v) is 22.2. The molecular weight excluding hydrogens is 496 g/mol. The normalized spacial score (nSPS) is 17.8. The number of nitrogens with zero attached hydrogens (tertiary/aromatic N) is 2. The summed E-state index contributed by atoms with van der Waals surface area (Å²) < 4.78 is 32.8. The fourth-order valence-electron chi connectivity index (χ4n) is 5.48. The Kier molecular flexibility index (Phi) is 6.41. The first-order chi connectivity index (χ1) is 18.4. The molecule has 0 aliphatic carbocycles. The number of carbonyl (C=O) groups is 1. The van der Waals surface area contributed by atoms with E-state index in [0.717, 1.165) is 54.5 Å². The van der Waals surface area contributed by atoms with E-state index in [2.05, 4.69) is 35.2 Å². The van der Waals surface area contributed by atoms with E-state index in [1.54, 1.807) is 24.3 Å². The van der Waals surface area contributed by atoms with Crippen molar-refractivity contribution in [2.75, 3.05) is 13.1 Å².